The van der Waals surface area contributed by atoms with E-state index in [0.29, 0.717) is 28.6 Å². The average molecular weight is 528 g/mol. The van der Waals surface area contributed by atoms with Crippen molar-refractivity contribution in [3.63, 3.8) is 0 Å². The number of H-pyrrole nitrogens is 1. The Bertz CT molecular complexity index is 1540. The van der Waals surface area contributed by atoms with E-state index >= 15 is 0 Å². The number of anilines is 1. The van der Waals surface area contributed by atoms with E-state index in [1.54, 1.807) is 49.7 Å². The first-order chi connectivity index (χ1) is 18.9. The van der Waals surface area contributed by atoms with E-state index in [9.17, 15) is 4.79 Å². The number of ether oxygens (including phenoxy) is 2. The van der Waals surface area contributed by atoms with Crippen molar-refractivity contribution in [1.29, 1.82) is 5.41 Å². The van der Waals surface area contributed by atoms with Crippen LogP contribution in [0.3, 0.4) is 0 Å². The summed E-state index contributed by atoms with van der Waals surface area (Å²) < 4.78 is 12.6. The number of rotatable bonds is 11. The third kappa shape index (κ3) is 6.43. The molecule has 0 saturated carbocycles. The summed E-state index contributed by atoms with van der Waals surface area (Å²) in [5.74, 6) is 1.35. The van der Waals surface area contributed by atoms with Crippen molar-refractivity contribution in [3.8, 4) is 11.5 Å². The number of allylic oxidation sites excluding steroid dienone is 2. The predicted octanol–water partition coefficient (Wildman–Crippen LogP) is 2.27. The highest BCUT2D eigenvalue weighted by Crippen LogP contribution is 2.33. The molecule has 0 aliphatic carbocycles. The summed E-state index contributed by atoms with van der Waals surface area (Å²) in [7, 11) is 1.54. The summed E-state index contributed by atoms with van der Waals surface area (Å²) in [5.41, 5.74) is 19.2. The van der Waals surface area contributed by atoms with E-state index in [1.807, 2.05) is 24.3 Å². The molecular formula is C27H29N9O3. The van der Waals surface area contributed by atoms with Gasteiger partial charge in [0.15, 0.2) is 17.3 Å². The molecule has 12 nitrogen and oxygen atoms in total. The number of pyridine rings is 1. The Morgan fingerprint density at radius 2 is 1.95 bits per heavy atom. The maximum Gasteiger partial charge on any atom is 0.349 e. The minimum atomic E-state index is -0.626. The van der Waals surface area contributed by atoms with Gasteiger partial charge in [0.05, 0.1) is 12.8 Å². The summed E-state index contributed by atoms with van der Waals surface area (Å²) in [6, 6.07) is 17.4. The molecule has 2 aromatic heterocycles. The molecule has 0 aliphatic rings. The Hall–Kier alpha value is -5.52. The molecule has 0 spiro atoms. The normalized spacial score (nSPS) is 12.3. The fraction of sp³-hybridized carbons (Fsp3) is 0.111. The first-order valence-corrected chi connectivity index (χ1v) is 11.8. The maximum absolute atomic E-state index is 12.7. The number of methoxy groups -OCH3 is 1. The number of aromatic amines is 1. The molecule has 1 unspecified atom stereocenters. The largest absolute Gasteiger partial charge is 0.493 e. The van der Waals surface area contributed by atoms with Crippen LogP contribution in [-0.2, 0) is 6.61 Å². The van der Waals surface area contributed by atoms with Gasteiger partial charge in [-0.15, -0.1) is 5.10 Å². The van der Waals surface area contributed by atoms with Gasteiger partial charge in [0, 0.05) is 17.4 Å². The highest BCUT2D eigenvalue weighted by Gasteiger charge is 2.22. The highest BCUT2D eigenvalue weighted by molar-refractivity contribution is 5.95. The van der Waals surface area contributed by atoms with E-state index in [4.69, 9.17) is 32.1 Å². The van der Waals surface area contributed by atoms with Gasteiger partial charge in [-0.3, -0.25) is 15.4 Å². The van der Waals surface area contributed by atoms with Crippen LogP contribution in [-0.4, -0.2) is 32.7 Å². The zero-order valence-corrected chi connectivity index (χ0v) is 21.2. The van der Waals surface area contributed by atoms with Gasteiger partial charge < -0.3 is 32.0 Å². The average Bonchev–Trinajstić information content (AvgIpc) is 3.35. The lowest BCUT2D eigenvalue weighted by Crippen LogP contribution is -2.21. The number of nitrogens with one attached hydrogen (secondary N) is 3. The number of amidine groups is 1. The fourth-order valence-corrected chi connectivity index (χ4v) is 3.71. The van der Waals surface area contributed by atoms with Gasteiger partial charge in [-0.25, -0.2) is 4.79 Å². The van der Waals surface area contributed by atoms with E-state index in [2.05, 4.69) is 20.4 Å². The second-order valence-corrected chi connectivity index (χ2v) is 8.29. The number of hydrogen-bond acceptors (Lipinski definition) is 9. The summed E-state index contributed by atoms with van der Waals surface area (Å²) in [4.78, 5) is 19.7. The highest BCUT2D eigenvalue weighted by atomic mass is 16.5. The summed E-state index contributed by atoms with van der Waals surface area (Å²) in [6.07, 6.45) is 5.96. The third-order valence-corrected chi connectivity index (χ3v) is 5.66. The van der Waals surface area contributed by atoms with Gasteiger partial charge in [0.2, 0.25) is 0 Å². The summed E-state index contributed by atoms with van der Waals surface area (Å²) >= 11 is 0. The Kier molecular flexibility index (Phi) is 8.27. The molecule has 2 heterocycles. The van der Waals surface area contributed by atoms with E-state index in [-0.39, 0.29) is 18.3 Å². The maximum atomic E-state index is 12.7. The molecule has 12 heteroatoms. The van der Waals surface area contributed by atoms with Crippen LogP contribution < -0.4 is 37.7 Å². The molecule has 0 aliphatic heterocycles. The molecule has 1 atom stereocenters. The van der Waals surface area contributed by atoms with Crippen molar-refractivity contribution >= 4 is 17.3 Å². The van der Waals surface area contributed by atoms with Crippen molar-refractivity contribution in [2.75, 3.05) is 12.4 Å². The number of nitrogens with two attached hydrogens (primary N) is 3. The van der Waals surface area contributed by atoms with Gasteiger partial charge in [0.25, 0.3) is 0 Å². The topological polar surface area (TPSA) is 196 Å². The zero-order valence-electron chi connectivity index (χ0n) is 21.2. The Morgan fingerprint density at radius 1 is 1.15 bits per heavy atom. The van der Waals surface area contributed by atoms with Crippen LogP contribution in [0.25, 0.3) is 5.82 Å². The van der Waals surface area contributed by atoms with Crippen LogP contribution in [0.5, 0.6) is 11.5 Å². The molecular weight excluding hydrogens is 498 g/mol. The number of benzene rings is 2. The van der Waals surface area contributed by atoms with Crippen LogP contribution >= 0.6 is 0 Å². The van der Waals surface area contributed by atoms with Crippen molar-refractivity contribution in [2.24, 2.45) is 17.2 Å². The molecule has 0 fully saturated rings. The van der Waals surface area contributed by atoms with Crippen LogP contribution in [0.15, 0.2) is 90.0 Å². The Labute approximate surface area is 224 Å². The lowest BCUT2D eigenvalue weighted by atomic mass is 10.0. The van der Waals surface area contributed by atoms with Gasteiger partial charge in [0.1, 0.15) is 24.3 Å². The molecule has 0 saturated heterocycles. The first-order valence-electron chi connectivity index (χ1n) is 11.8. The molecule has 39 heavy (non-hydrogen) atoms. The Balaban J connectivity index is 1.70. The Morgan fingerprint density at radius 3 is 2.62 bits per heavy atom. The minimum Gasteiger partial charge on any atom is -0.493 e. The molecule has 0 radical (unpaired) electrons. The van der Waals surface area contributed by atoms with Gasteiger partial charge >= 0.3 is 5.69 Å². The van der Waals surface area contributed by atoms with E-state index in [1.165, 1.54) is 18.4 Å². The number of nitrogens with zero attached hydrogens (tertiary/aromatic N) is 3. The standard InChI is InChI=1S/C27H29N9O3/c1-38-22-15-18(9-12-21(22)39-16-20-5-2-3-14-32-20)24(33-19-10-7-17(8-11-19)25(30)31)26-34-27(37)36(35-26)23(29)6-4-13-28/h2-15,24,33H,16,28-29H2,1H3,(H3,30,31)(H,34,35,37)/b13-4-,23-6+. The molecule has 2 aromatic carbocycles. The van der Waals surface area contributed by atoms with Crippen molar-refractivity contribution in [3.05, 3.63) is 118 Å². The van der Waals surface area contributed by atoms with E-state index in [0.717, 1.165) is 15.9 Å². The monoisotopic (exact) mass is 527 g/mol. The SMILES string of the molecule is COc1cc(C(Nc2ccc(C(=N)N)cc2)c2nn(/C(N)=C/C=C\N)c(=O)[nH]2)ccc1OCc1ccccn1. The fourth-order valence-electron chi connectivity index (χ4n) is 3.71. The van der Waals surface area contributed by atoms with Gasteiger partial charge in [-0.2, -0.15) is 4.68 Å². The molecule has 9 N–H and O–H groups in total. The number of aromatic nitrogens is 4. The predicted molar refractivity (Wildman–Crippen MR) is 149 cm³/mol. The second-order valence-electron chi connectivity index (χ2n) is 8.29. The lowest BCUT2D eigenvalue weighted by molar-refractivity contribution is 0.280. The molecule has 4 aromatic rings. The molecule has 0 amide bonds. The quantitative estimate of drug-likeness (QED) is 0.0962. The molecule has 200 valence electrons. The van der Waals surface area contributed by atoms with Crippen LogP contribution in [0.1, 0.15) is 28.7 Å². The first kappa shape index (κ1) is 26.5. The zero-order chi connectivity index (χ0) is 27.8. The van der Waals surface area contributed by atoms with Crippen LogP contribution in [0.4, 0.5) is 5.69 Å². The molecule has 4 rings (SSSR count). The number of nitrogen functional groups attached to an aromatic ring is 1. The minimum absolute atomic E-state index is 0.0407. The van der Waals surface area contributed by atoms with Crippen molar-refractivity contribution < 1.29 is 9.47 Å². The van der Waals surface area contributed by atoms with Crippen LogP contribution in [0.2, 0.25) is 0 Å². The lowest BCUT2D eigenvalue weighted by Gasteiger charge is -2.20. The van der Waals surface area contributed by atoms with Gasteiger partial charge in [-0.05, 0) is 72.4 Å². The van der Waals surface area contributed by atoms with Crippen LogP contribution in [0, 0.1) is 5.41 Å². The smallest absolute Gasteiger partial charge is 0.349 e. The number of hydrogen-bond donors (Lipinski definition) is 6. The van der Waals surface area contributed by atoms with E-state index < -0.39 is 11.7 Å². The third-order valence-electron chi connectivity index (χ3n) is 5.66. The van der Waals surface area contributed by atoms with Crippen molar-refractivity contribution in [1.82, 2.24) is 19.7 Å². The van der Waals surface area contributed by atoms with Gasteiger partial charge in [-0.1, -0.05) is 12.1 Å². The summed E-state index contributed by atoms with van der Waals surface area (Å²) in [6.45, 7) is 0.265. The summed E-state index contributed by atoms with van der Waals surface area (Å²) in [5, 5.41) is 15.4. The molecule has 0 bridgehead atoms. The van der Waals surface area contributed by atoms with Crippen molar-refractivity contribution in [2.45, 2.75) is 12.6 Å². The second kappa shape index (κ2) is 12.1.